The molecule has 1 saturated carbocycles. The van der Waals surface area contributed by atoms with Gasteiger partial charge in [0.05, 0.1) is 24.8 Å². The van der Waals surface area contributed by atoms with Crippen LogP contribution >= 0.6 is 0 Å². The standard InChI is InChI=1S/C19H26N2O3/c1-3-24-15-10-8-14(9-11-15)21-18(22)12-17(19(21)23)20-16-7-5-4-6-13(16)2/h8-11,13,16-17,20H,3-7,12H2,1-2H3/p+1/t13-,16+,17-/m0/s1. The topological polar surface area (TPSA) is 63.2 Å². The molecule has 2 N–H and O–H groups in total. The maximum absolute atomic E-state index is 12.7. The minimum absolute atomic E-state index is 0.0815. The second-order valence-corrected chi connectivity index (χ2v) is 6.92. The van der Waals surface area contributed by atoms with Crippen LogP contribution in [0.5, 0.6) is 5.75 Å². The third kappa shape index (κ3) is 3.46. The molecular formula is C19H27N2O3+. The third-order valence-electron chi connectivity index (χ3n) is 5.24. The molecule has 3 rings (SSSR count). The van der Waals surface area contributed by atoms with E-state index in [2.05, 4.69) is 12.2 Å². The number of carbonyl (C=O) groups excluding carboxylic acids is 2. The number of hydrogen-bond donors (Lipinski definition) is 1. The Labute approximate surface area is 143 Å². The van der Waals surface area contributed by atoms with Gasteiger partial charge < -0.3 is 10.1 Å². The summed E-state index contributed by atoms with van der Waals surface area (Å²) in [5, 5.41) is 2.15. The first kappa shape index (κ1) is 17.0. The number of imide groups is 1. The maximum Gasteiger partial charge on any atom is 0.292 e. The summed E-state index contributed by atoms with van der Waals surface area (Å²) in [4.78, 5) is 26.5. The van der Waals surface area contributed by atoms with Crippen LogP contribution in [0.3, 0.4) is 0 Å². The fourth-order valence-corrected chi connectivity index (χ4v) is 3.86. The van der Waals surface area contributed by atoms with Crippen molar-refractivity contribution in [1.29, 1.82) is 0 Å². The average molecular weight is 331 g/mol. The predicted octanol–water partition coefficient (Wildman–Crippen LogP) is 1.86. The lowest BCUT2D eigenvalue weighted by atomic mass is 9.85. The van der Waals surface area contributed by atoms with E-state index in [-0.39, 0.29) is 17.9 Å². The van der Waals surface area contributed by atoms with Gasteiger partial charge in [0.1, 0.15) is 5.75 Å². The van der Waals surface area contributed by atoms with E-state index in [4.69, 9.17) is 4.74 Å². The van der Waals surface area contributed by atoms with Crippen molar-refractivity contribution >= 4 is 17.5 Å². The van der Waals surface area contributed by atoms with Gasteiger partial charge in [-0.25, -0.2) is 4.90 Å². The monoisotopic (exact) mass is 331 g/mol. The van der Waals surface area contributed by atoms with Gasteiger partial charge in [-0.1, -0.05) is 13.3 Å². The molecule has 5 heteroatoms. The molecule has 130 valence electrons. The molecule has 2 fully saturated rings. The second kappa shape index (κ2) is 7.34. The average Bonchev–Trinajstić information content (AvgIpc) is 2.85. The number of quaternary nitrogens is 1. The number of hydrogen-bond acceptors (Lipinski definition) is 3. The number of carbonyl (C=O) groups is 2. The first-order valence-electron chi connectivity index (χ1n) is 9.04. The van der Waals surface area contributed by atoms with E-state index < -0.39 is 0 Å². The van der Waals surface area contributed by atoms with Gasteiger partial charge in [0.15, 0.2) is 6.04 Å². The summed E-state index contributed by atoms with van der Waals surface area (Å²) in [6.07, 6.45) is 5.17. The molecule has 1 aromatic rings. The number of amides is 2. The van der Waals surface area contributed by atoms with E-state index in [1.807, 2.05) is 6.92 Å². The van der Waals surface area contributed by atoms with Crippen LogP contribution in [0, 0.1) is 5.92 Å². The molecule has 3 atom stereocenters. The lowest BCUT2D eigenvalue weighted by Gasteiger charge is -2.28. The van der Waals surface area contributed by atoms with E-state index in [1.54, 1.807) is 24.3 Å². The molecule has 1 aliphatic carbocycles. The van der Waals surface area contributed by atoms with Crippen molar-refractivity contribution in [2.75, 3.05) is 11.5 Å². The van der Waals surface area contributed by atoms with Crippen LogP contribution in [0.15, 0.2) is 24.3 Å². The normalized spacial score (nSPS) is 27.6. The Bertz CT molecular complexity index is 599. The molecule has 1 saturated heterocycles. The lowest BCUT2D eigenvalue weighted by molar-refractivity contribution is -0.715. The molecule has 2 amide bonds. The van der Waals surface area contributed by atoms with Crippen LogP contribution in [0.1, 0.15) is 46.0 Å². The Balaban J connectivity index is 1.69. The quantitative estimate of drug-likeness (QED) is 0.838. The zero-order valence-corrected chi connectivity index (χ0v) is 14.5. The summed E-state index contributed by atoms with van der Waals surface area (Å²) in [7, 11) is 0. The largest absolute Gasteiger partial charge is 0.494 e. The molecule has 2 aliphatic rings. The Morgan fingerprint density at radius 1 is 1.17 bits per heavy atom. The van der Waals surface area contributed by atoms with Crippen LogP contribution in [-0.4, -0.2) is 30.5 Å². The van der Waals surface area contributed by atoms with Crippen molar-refractivity contribution in [2.24, 2.45) is 5.92 Å². The van der Waals surface area contributed by atoms with E-state index >= 15 is 0 Å². The van der Waals surface area contributed by atoms with Gasteiger partial charge in [-0.2, -0.15) is 0 Å². The zero-order valence-electron chi connectivity index (χ0n) is 14.5. The number of anilines is 1. The molecule has 0 bridgehead atoms. The Morgan fingerprint density at radius 2 is 1.88 bits per heavy atom. The van der Waals surface area contributed by atoms with E-state index in [0.717, 1.165) is 12.2 Å². The van der Waals surface area contributed by atoms with Gasteiger partial charge in [-0.15, -0.1) is 0 Å². The molecule has 24 heavy (non-hydrogen) atoms. The van der Waals surface area contributed by atoms with Crippen LogP contribution in [0.25, 0.3) is 0 Å². The highest BCUT2D eigenvalue weighted by atomic mass is 16.5. The highest BCUT2D eigenvalue weighted by Gasteiger charge is 2.44. The molecule has 1 heterocycles. The summed E-state index contributed by atoms with van der Waals surface area (Å²) < 4.78 is 5.42. The van der Waals surface area contributed by atoms with Crippen LogP contribution in [0.4, 0.5) is 5.69 Å². The molecule has 0 spiro atoms. The number of ether oxygens (including phenoxy) is 1. The fraction of sp³-hybridized carbons (Fsp3) is 0.579. The predicted molar refractivity (Wildman–Crippen MR) is 91.9 cm³/mol. The highest BCUT2D eigenvalue weighted by Crippen LogP contribution is 2.26. The van der Waals surface area contributed by atoms with Crippen LogP contribution in [-0.2, 0) is 9.59 Å². The zero-order chi connectivity index (χ0) is 17.1. The molecule has 5 nitrogen and oxygen atoms in total. The van der Waals surface area contributed by atoms with Crippen LogP contribution < -0.4 is 15.0 Å². The van der Waals surface area contributed by atoms with Gasteiger partial charge in [0.25, 0.3) is 5.91 Å². The van der Waals surface area contributed by atoms with Crippen molar-refractivity contribution in [1.82, 2.24) is 0 Å². The SMILES string of the molecule is CCOc1ccc(N2C(=O)C[C@H]([NH2+][C@@H]3CCCC[C@@H]3C)C2=O)cc1. The maximum atomic E-state index is 12.7. The molecule has 0 aromatic heterocycles. The second-order valence-electron chi connectivity index (χ2n) is 6.92. The van der Waals surface area contributed by atoms with Crippen molar-refractivity contribution in [3.8, 4) is 5.75 Å². The Kier molecular flexibility index (Phi) is 5.19. The minimum atomic E-state index is -0.269. The van der Waals surface area contributed by atoms with Gasteiger partial charge in [-0.05, 0) is 50.5 Å². The third-order valence-corrected chi connectivity index (χ3v) is 5.24. The number of benzene rings is 1. The summed E-state index contributed by atoms with van der Waals surface area (Å²) in [6.45, 7) is 4.78. The molecule has 0 unspecified atom stereocenters. The van der Waals surface area contributed by atoms with Crippen molar-refractivity contribution in [3.63, 3.8) is 0 Å². The molecule has 0 radical (unpaired) electrons. The summed E-state index contributed by atoms with van der Waals surface area (Å²) in [5.74, 6) is 1.18. The molecule has 1 aliphatic heterocycles. The fourth-order valence-electron chi connectivity index (χ4n) is 3.86. The molecular weight excluding hydrogens is 304 g/mol. The lowest BCUT2D eigenvalue weighted by Crippen LogP contribution is -2.97. The van der Waals surface area contributed by atoms with Gasteiger partial charge >= 0.3 is 0 Å². The Hall–Kier alpha value is -1.88. The number of nitrogens with two attached hydrogens (primary N) is 1. The van der Waals surface area contributed by atoms with Gasteiger partial charge in [-0.3, -0.25) is 9.59 Å². The van der Waals surface area contributed by atoms with E-state index in [9.17, 15) is 9.59 Å². The number of rotatable bonds is 5. The highest BCUT2D eigenvalue weighted by molar-refractivity contribution is 6.21. The summed E-state index contributed by atoms with van der Waals surface area (Å²) in [6, 6.07) is 7.37. The van der Waals surface area contributed by atoms with Crippen molar-refractivity contribution < 1.29 is 19.6 Å². The van der Waals surface area contributed by atoms with Crippen molar-refractivity contribution in [3.05, 3.63) is 24.3 Å². The van der Waals surface area contributed by atoms with E-state index in [1.165, 1.54) is 24.2 Å². The summed E-state index contributed by atoms with van der Waals surface area (Å²) in [5.41, 5.74) is 0.640. The molecule has 1 aromatic carbocycles. The smallest absolute Gasteiger partial charge is 0.292 e. The number of nitrogens with zero attached hydrogens (tertiary/aromatic N) is 1. The summed E-state index contributed by atoms with van der Waals surface area (Å²) >= 11 is 0. The van der Waals surface area contributed by atoms with Crippen LogP contribution in [0.2, 0.25) is 0 Å². The Morgan fingerprint density at radius 3 is 2.54 bits per heavy atom. The van der Waals surface area contributed by atoms with E-state index in [0.29, 0.717) is 30.7 Å². The first-order chi connectivity index (χ1) is 11.6. The van der Waals surface area contributed by atoms with Gasteiger partial charge in [0.2, 0.25) is 5.91 Å². The minimum Gasteiger partial charge on any atom is -0.494 e. The van der Waals surface area contributed by atoms with Gasteiger partial charge in [0, 0.05) is 5.92 Å². The van der Waals surface area contributed by atoms with Crippen molar-refractivity contribution in [2.45, 2.75) is 58.0 Å². The first-order valence-corrected chi connectivity index (χ1v) is 9.04.